The lowest BCUT2D eigenvalue weighted by molar-refractivity contribution is -0.118. The number of carbonyl (C=O) groups is 2. The third-order valence-corrected chi connectivity index (χ3v) is 5.59. The Morgan fingerprint density at radius 3 is 1.74 bits per heavy atom. The van der Waals surface area contributed by atoms with E-state index in [4.69, 9.17) is 0 Å². The largest absolute Gasteiger partial charge is 0.309 e. The van der Waals surface area contributed by atoms with Gasteiger partial charge in [0.1, 0.15) is 0 Å². The van der Waals surface area contributed by atoms with Crippen LogP contribution in [0.3, 0.4) is 0 Å². The normalized spacial score (nSPS) is 11.7. The molecule has 2 amide bonds. The Balaban J connectivity index is 1.16. The number of nitrogens with zero attached hydrogens (tertiary/aromatic N) is 4. The van der Waals surface area contributed by atoms with Crippen molar-refractivity contribution >= 4 is 23.5 Å². The first-order chi connectivity index (χ1) is 17.0. The van der Waals surface area contributed by atoms with Crippen molar-refractivity contribution in [3.63, 3.8) is 0 Å². The molecule has 0 aliphatic carbocycles. The number of carbonyl (C=O) groups excluding carboxylic acids is 2. The standard InChI is InChI=1S/C27H30N6O2/c1-21(18-27(35)29-25-15-17-33(31-25)20-23-10-6-3-7-11-23)12-13-26(34)28-24-14-16-32(30-24)19-22-8-4-2-5-9-22/h2-11,14-17,21H,12-13,18-20H2,1H3,(H,28,30,34)(H,29,31,35). The summed E-state index contributed by atoms with van der Waals surface area (Å²) in [6, 6.07) is 23.6. The van der Waals surface area contributed by atoms with Gasteiger partial charge in [0, 0.05) is 37.4 Å². The third kappa shape index (κ3) is 7.67. The molecule has 0 saturated carbocycles. The molecule has 2 aromatic carbocycles. The molecule has 0 fully saturated rings. The van der Waals surface area contributed by atoms with Crippen LogP contribution in [0.15, 0.2) is 85.2 Å². The molecule has 0 aliphatic rings. The number of rotatable bonds is 11. The lowest BCUT2D eigenvalue weighted by atomic mass is 10.0. The third-order valence-electron chi connectivity index (χ3n) is 5.59. The quantitative estimate of drug-likeness (QED) is 0.336. The highest BCUT2D eigenvalue weighted by atomic mass is 16.2. The molecule has 1 unspecified atom stereocenters. The van der Waals surface area contributed by atoms with E-state index in [1.165, 1.54) is 0 Å². The Morgan fingerprint density at radius 1 is 0.743 bits per heavy atom. The zero-order valence-corrected chi connectivity index (χ0v) is 19.8. The van der Waals surface area contributed by atoms with E-state index < -0.39 is 0 Å². The SMILES string of the molecule is CC(CCC(=O)Nc1ccn(Cc2ccccc2)n1)CC(=O)Nc1ccn(Cc2ccccc2)n1. The van der Waals surface area contributed by atoms with Crippen molar-refractivity contribution in [1.29, 1.82) is 0 Å². The number of nitrogens with one attached hydrogen (secondary N) is 2. The molecule has 2 heterocycles. The lowest BCUT2D eigenvalue weighted by Gasteiger charge is -2.10. The molecule has 8 heteroatoms. The summed E-state index contributed by atoms with van der Waals surface area (Å²) in [4.78, 5) is 24.7. The van der Waals surface area contributed by atoms with Crippen LogP contribution < -0.4 is 10.6 Å². The lowest BCUT2D eigenvalue weighted by Crippen LogP contribution is -2.18. The van der Waals surface area contributed by atoms with Gasteiger partial charge in [0.2, 0.25) is 11.8 Å². The average Bonchev–Trinajstić information content (AvgIpc) is 3.48. The monoisotopic (exact) mass is 470 g/mol. The van der Waals surface area contributed by atoms with Gasteiger partial charge in [0.05, 0.1) is 13.1 Å². The van der Waals surface area contributed by atoms with E-state index in [9.17, 15) is 9.59 Å². The summed E-state index contributed by atoms with van der Waals surface area (Å²) in [6.45, 7) is 3.26. The molecule has 0 bridgehead atoms. The van der Waals surface area contributed by atoms with E-state index >= 15 is 0 Å². The zero-order valence-electron chi connectivity index (χ0n) is 19.8. The van der Waals surface area contributed by atoms with Gasteiger partial charge >= 0.3 is 0 Å². The second-order valence-corrected chi connectivity index (χ2v) is 8.71. The fraction of sp³-hybridized carbons (Fsp3) is 0.259. The molecule has 180 valence electrons. The molecule has 35 heavy (non-hydrogen) atoms. The molecule has 2 aromatic heterocycles. The van der Waals surface area contributed by atoms with Crippen LogP contribution in [0.5, 0.6) is 0 Å². The van der Waals surface area contributed by atoms with E-state index in [-0.39, 0.29) is 17.7 Å². The molecule has 0 spiro atoms. The number of benzene rings is 2. The van der Waals surface area contributed by atoms with Gasteiger partial charge in [-0.05, 0) is 23.5 Å². The van der Waals surface area contributed by atoms with Crippen LogP contribution >= 0.6 is 0 Å². The van der Waals surface area contributed by atoms with E-state index in [1.807, 2.05) is 80.0 Å². The highest BCUT2D eigenvalue weighted by Crippen LogP contribution is 2.14. The summed E-state index contributed by atoms with van der Waals surface area (Å²) in [5.41, 5.74) is 2.28. The Hall–Kier alpha value is -4.20. The fourth-order valence-corrected chi connectivity index (χ4v) is 3.77. The first-order valence-electron chi connectivity index (χ1n) is 11.8. The van der Waals surface area contributed by atoms with Crippen molar-refractivity contribution < 1.29 is 9.59 Å². The van der Waals surface area contributed by atoms with Gasteiger partial charge in [0.25, 0.3) is 0 Å². The summed E-state index contributed by atoms with van der Waals surface area (Å²) >= 11 is 0. The smallest absolute Gasteiger partial charge is 0.225 e. The van der Waals surface area contributed by atoms with Gasteiger partial charge in [0.15, 0.2) is 11.6 Å². The van der Waals surface area contributed by atoms with Gasteiger partial charge in [-0.3, -0.25) is 19.0 Å². The maximum absolute atomic E-state index is 12.4. The van der Waals surface area contributed by atoms with Crippen LogP contribution in [0.4, 0.5) is 11.6 Å². The molecule has 0 aliphatic heterocycles. The van der Waals surface area contributed by atoms with Crippen LogP contribution in [0.1, 0.15) is 37.3 Å². The predicted molar refractivity (Wildman–Crippen MR) is 136 cm³/mol. The molecule has 1 atom stereocenters. The topological polar surface area (TPSA) is 93.8 Å². The Morgan fingerprint density at radius 2 is 1.23 bits per heavy atom. The fourth-order valence-electron chi connectivity index (χ4n) is 3.77. The van der Waals surface area contributed by atoms with Crippen molar-refractivity contribution in [3.8, 4) is 0 Å². The van der Waals surface area contributed by atoms with Crippen molar-refractivity contribution in [2.45, 2.75) is 39.3 Å². The highest BCUT2D eigenvalue weighted by Gasteiger charge is 2.13. The molecular weight excluding hydrogens is 440 g/mol. The van der Waals surface area contributed by atoms with Crippen molar-refractivity contribution in [3.05, 3.63) is 96.3 Å². The summed E-state index contributed by atoms with van der Waals surface area (Å²) < 4.78 is 3.58. The van der Waals surface area contributed by atoms with E-state index in [1.54, 1.807) is 21.5 Å². The predicted octanol–water partition coefficient (Wildman–Crippen LogP) is 4.56. The van der Waals surface area contributed by atoms with E-state index in [2.05, 4.69) is 20.8 Å². The molecule has 4 rings (SSSR count). The molecular formula is C27H30N6O2. The molecule has 2 N–H and O–H groups in total. The molecule has 0 saturated heterocycles. The maximum atomic E-state index is 12.4. The van der Waals surface area contributed by atoms with Crippen molar-refractivity contribution in [1.82, 2.24) is 19.6 Å². The minimum atomic E-state index is -0.109. The number of amides is 2. The van der Waals surface area contributed by atoms with Crippen molar-refractivity contribution in [2.24, 2.45) is 5.92 Å². The molecule has 8 nitrogen and oxygen atoms in total. The minimum Gasteiger partial charge on any atom is -0.309 e. The second kappa shape index (κ2) is 11.8. The average molecular weight is 471 g/mol. The summed E-state index contributed by atoms with van der Waals surface area (Å²) in [5, 5.41) is 14.5. The van der Waals surface area contributed by atoms with Crippen LogP contribution in [-0.2, 0) is 22.7 Å². The zero-order chi connectivity index (χ0) is 24.5. The summed E-state index contributed by atoms with van der Waals surface area (Å²) in [7, 11) is 0. The number of aromatic nitrogens is 4. The first-order valence-corrected chi connectivity index (χ1v) is 11.8. The van der Waals surface area contributed by atoms with Crippen molar-refractivity contribution in [2.75, 3.05) is 10.6 Å². The summed E-state index contributed by atoms with van der Waals surface area (Å²) in [6.07, 6.45) is 4.94. The van der Waals surface area contributed by atoms with Gasteiger partial charge in [-0.1, -0.05) is 67.6 Å². The van der Waals surface area contributed by atoms with E-state index in [0.717, 1.165) is 11.1 Å². The number of anilines is 2. The van der Waals surface area contributed by atoms with Gasteiger partial charge < -0.3 is 10.6 Å². The minimum absolute atomic E-state index is 0.0581. The first kappa shape index (κ1) is 23.9. The molecule has 4 aromatic rings. The molecule has 0 radical (unpaired) electrons. The van der Waals surface area contributed by atoms with E-state index in [0.29, 0.717) is 44.0 Å². The maximum Gasteiger partial charge on any atom is 0.225 e. The van der Waals surface area contributed by atoms with Crippen LogP contribution in [0.25, 0.3) is 0 Å². The van der Waals surface area contributed by atoms with Gasteiger partial charge in [-0.25, -0.2) is 0 Å². The summed E-state index contributed by atoms with van der Waals surface area (Å²) in [5.74, 6) is 0.900. The van der Waals surface area contributed by atoms with Crippen LogP contribution in [0.2, 0.25) is 0 Å². The second-order valence-electron chi connectivity index (χ2n) is 8.71. The number of hydrogen-bond donors (Lipinski definition) is 2. The van der Waals surface area contributed by atoms with Crippen LogP contribution in [-0.4, -0.2) is 31.4 Å². The Kier molecular flexibility index (Phi) is 8.06. The number of hydrogen-bond acceptors (Lipinski definition) is 4. The highest BCUT2D eigenvalue weighted by molar-refractivity contribution is 5.90. The Labute approximate surface area is 205 Å². The van der Waals surface area contributed by atoms with Gasteiger partial charge in [-0.15, -0.1) is 0 Å². The Bertz CT molecular complexity index is 1230. The van der Waals surface area contributed by atoms with Gasteiger partial charge in [-0.2, -0.15) is 10.2 Å². The van der Waals surface area contributed by atoms with Crippen LogP contribution in [0, 0.1) is 5.92 Å².